The molecule has 15 heavy (non-hydrogen) atoms. The van der Waals surface area contributed by atoms with Crippen LogP contribution in [0.2, 0.25) is 0 Å². The number of sulfonamides is 1. The van der Waals surface area contributed by atoms with Crippen LogP contribution in [0.5, 0.6) is 0 Å². The molecule has 2 saturated carbocycles. The van der Waals surface area contributed by atoms with Gasteiger partial charge in [-0.1, -0.05) is 25.7 Å². The molecule has 0 aromatic rings. The average Bonchev–Trinajstić information content (AvgIpc) is 2.86. The van der Waals surface area contributed by atoms with Crippen molar-refractivity contribution in [2.24, 2.45) is 11.8 Å². The summed E-state index contributed by atoms with van der Waals surface area (Å²) in [5.41, 5.74) is 0. The van der Waals surface area contributed by atoms with Crippen LogP contribution in [-0.4, -0.2) is 31.1 Å². The first-order valence-electron chi connectivity index (χ1n) is 6.06. The van der Waals surface area contributed by atoms with Crippen molar-refractivity contribution in [2.75, 3.05) is 6.26 Å². The lowest BCUT2D eigenvalue weighted by molar-refractivity contribution is 0.190. The normalized spacial score (nSPS) is 49.3. The van der Waals surface area contributed by atoms with E-state index in [0.29, 0.717) is 12.1 Å². The van der Waals surface area contributed by atoms with Crippen LogP contribution in [0.1, 0.15) is 38.5 Å². The highest BCUT2D eigenvalue weighted by atomic mass is 32.2. The van der Waals surface area contributed by atoms with Crippen LogP contribution >= 0.6 is 0 Å². The molecule has 0 N–H and O–H groups in total. The van der Waals surface area contributed by atoms with E-state index < -0.39 is 10.0 Å². The molecular formula is C11H19NO2S. The van der Waals surface area contributed by atoms with Crippen LogP contribution in [0.4, 0.5) is 0 Å². The van der Waals surface area contributed by atoms with Gasteiger partial charge in [-0.25, -0.2) is 8.42 Å². The highest BCUT2D eigenvalue weighted by Gasteiger charge is 2.58. The van der Waals surface area contributed by atoms with Crippen LogP contribution in [0.25, 0.3) is 0 Å². The molecule has 2 aliphatic carbocycles. The molecule has 0 bridgehead atoms. The van der Waals surface area contributed by atoms with Gasteiger partial charge in [0, 0.05) is 12.1 Å². The summed E-state index contributed by atoms with van der Waals surface area (Å²) >= 11 is 0. The summed E-state index contributed by atoms with van der Waals surface area (Å²) in [4.78, 5) is 0. The van der Waals surface area contributed by atoms with Gasteiger partial charge in [0.05, 0.1) is 6.26 Å². The number of hydrogen-bond acceptors (Lipinski definition) is 2. The van der Waals surface area contributed by atoms with Gasteiger partial charge in [0.2, 0.25) is 10.0 Å². The van der Waals surface area contributed by atoms with Gasteiger partial charge in [0.1, 0.15) is 0 Å². The summed E-state index contributed by atoms with van der Waals surface area (Å²) in [6, 6.07) is 0.749. The average molecular weight is 229 g/mol. The van der Waals surface area contributed by atoms with E-state index >= 15 is 0 Å². The molecule has 3 aliphatic rings. The van der Waals surface area contributed by atoms with E-state index in [9.17, 15) is 8.42 Å². The van der Waals surface area contributed by atoms with E-state index in [1.807, 2.05) is 0 Å². The second kappa shape index (κ2) is 3.20. The highest BCUT2D eigenvalue weighted by Crippen LogP contribution is 2.51. The minimum Gasteiger partial charge on any atom is -0.212 e. The summed E-state index contributed by atoms with van der Waals surface area (Å²) < 4.78 is 24.7. The molecule has 0 spiro atoms. The van der Waals surface area contributed by atoms with E-state index in [2.05, 4.69) is 0 Å². The third kappa shape index (κ3) is 1.62. The second-order valence-electron chi connectivity index (χ2n) is 5.50. The maximum absolute atomic E-state index is 11.5. The fourth-order valence-electron chi connectivity index (χ4n) is 3.85. The molecule has 1 heterocycles. The summed E-state index contributed by atoms with van der Waals surface area (Å²) in [6.45, 7) is 0. The van der Waals surface area contributed by atoms with Gasteiger partial charge in [-0.15, -0.1) is 0 Å². The first-order valence-corrected chi connectivity index (χ1v) is 7.91. The van der Waals surface area contributed by atoms with Crippen LogP contribution in [-0.2, 0) is 10.0 Å². The van der Waals surface area contributed by atoms with E-state index in [-0.39, 0.29) is 0 Å². The Kier molecular flexibility index (Phi) is 2.15. The third-order valence-corrected chi connectivity index (χ3v) is 5.85. The summed E-state index contributed by atoms with van der Waals surface area (Å²) in [5, 5.41) is 0. The van der Waals surface area contributed by atoms with Crippen molar-refractivity contribution in [3.63, 3.8) is 0 Å². The van der Waals surface area contributed by atoms with Gasteiger partial charge < -0.3 is 0 Å². The van der Waals surface area contributed by atoms with Crippen molar-refractivity contribution in [1.82, 2.24) is 4.31 Å². The lowest BCUT2D eigenvalue weighted by atomic mass is 9.71. The van der Waals surface area contributed by atoms with Gasteiger partial charge in [-0.2, -0.15) is 4.31 Å². The summed E-state index contributed by atoms with van der Waals surface area (Å²) in [6.07, 6.45) is 9.03. The lowest BCUT2D eigenvalue weighted by Gasteiger charge is -2.33. The molecule has 0 amide bonds. The molecule has 86 valence electrons. The van der Waals surface area contributed by atoms with E-state index in [1.54, 1.807) is 4.31 Å². The van der Waals surface area contributed by atoms with Crippen molar-refractivity contribution in [3.05, 3.63) is 0 Å². The van der Waals surface area contributed by atoms with Crippen LogP contribution in [0, 0.1) is 11.8 Å². The van der Waals surface area contributed by atoms with Crippen molar-refractivity contribution in [3.8, 4) is 0 Å². The molecule has 1 saturated heterocycles. The molecule has 3 rings (SSSR count). The Morgan fingerprint density at radius 1 is 1.00 bits per heavy atom. The standard InChI is InChI=1S/C11H19NO2S/c1-15(13,14)12-10-6-8-4-2-3-5-9(8)7-11(10)12/h8-11H,2-7H2,1H3. The lowest BCUT2D eigenvalue weighted by Crippen LogP contribution is -2.27. The molecule has 4 heteroatoms. The second-order valence-corrected chi connectivity index (χ2v) is 7.39. The molecule has 0 radical (unpaired) electrons. The summed E-state index contributed by atoms with van der Waals surface area (Å²) in [7, 11) is -2.92. The van der Waals surface area contributed by atoms with Gasteiger partial charge >= 0.3 is 0 Å². The number of hydrogen-bond donors (Lipinski definition) is 0. The monoisotopic (exact) mass is 229 g/mol. The van der Waals surface area contributed by atoms with Crippen LogP contribution < -0.4 is 0 Å². The molecule has 0 aromatic carbocycles. The van der Waals surface area contributed by atoms with Crippen molar-refractivity contribution in [2.45, 2.75) is 50.6 Å². The summed E-state index contributed by atoms with van der Waals surface area (Å²) in [5.74, 6) is 1.65. The predicted molar refractivity (Wildman–Crippen MR) is 58.9 cm³/mol. The first kappa shape index (κ1) is 10.1. The molecule has 4 atom stereocenters. The Morgan fingerprint density at radius 2 is 1.47 bits per heavy atom. The van der Waals surface area contributed by atoms with Crippen LogP contribution in [0.15, 0.2) is 0 Å². The zero-order valence-electron chi connectivity index (χ0n) is 9.22. The predicted octanol–water partition coefficient (Wildman–Crippen LogP) is 1.60. The fourth-order valence-corrected chi connectivity index (χ4v) is 5.23. The van der Waals surface area contributed by atoms with E-state index in [4.69, 9.17) is 0 Å². The molecule has 1 aliphatic heterocycles. The number of nitrogens with zero attached hydrogens (tertiary/aromatic N) is 1. The topological polar surface area (TPSA) is 37.1 Å². The first-order chi connectivity index (χ1) is 7.07. The van der Waals surface area contributed by atoms with E-state index in [1.165, 1.54) is 31.9 Å². The largest absolute Gasteiger partial charge is 0.212 e. The van der Waals surface area contributed by atoms with Crippen molar-refractivity contribution >= 4 is 10.0 Å². The SMILES string of the molecule is CS(=O)(=O)N1C2CC3CCCCC3CC21. The quantitative estimate of drug-likeness (QED) is 0.640. The zero-order valence-corrected chi connectivity index (χ0v) is 10.0. The van der Waals surface area contributed by atoms with E-state index in [0.717, 1.165) is 24.7 Å². The minimum absolute atomic E-state index is 0.374. The smallest absolute Gasteiger partial charge is 0.211 e. The van der Waals surface area contributed by atoms with Gasteiger partial charge in [-0.05, 0) is 24.7 Å². The number of rotatable bonds is 1. The molecule has 0 aromatic heterocycles. The zero-order chi connectivity index (χ0) is 10.6. The Labute approximate surface area is 91.9 Å². The van der Waals surface area contributed by atoms with Crippen molar-refractivity contribution < 1.29 is 8.42 Å². The molecular weight excluding hydrogens is 210 g/mol. The van der Waals surface area contributed by atoms with Gasteiger partial charge in [0.25, 0.3) is 0 Å². The Bertz CT molecular complexity index is 345. The molecule has 3 fully saturated rings. The number of fused-ring (bicyclic) bond motifs is 2. The Balaban J connectivity index is 1.75. The minimum atomic E-state index is -2.92. The molecule has 4 unspecified atom stereocenters. The van der Waals surface area contributed by atoms with Crippen LogP contribution in [0.3, 0.4) is 0 Å². The third-order valence-electron chi connectivity index (χ3n) is 4.55. The van der Waals surface area contributed by atoms with Gasteiger partial charge in [0.15, 0.2) is 0 Å². The van der Waals surface area contributed by atoms with Crippen molar-refractivity contribution in [1.29, 1.82) is 0 Å². The highest BCUT2D eigenvalue weighted by molar-refractivity contribution is 7.88. The Morgan fingerprint density at radius 3 is 1.87 bits per heavy atom. The Hall–Kier alpha value is -0.0900. The maximum atomic E-state index is 11.5. The maximum Gasteiger partial charge on any atom is 0.211 e. The fraction of sp³-hybridized carbons (Fsp3) is 1.00. The molecule has 3 nitrogen and oxygen atoms in total. The van der Waals surface area contributed by atoms with Gasteiger partial charge in [-0.3, -0.25) is 0 Å².